The standard InChI is InChI=1S/C26H27F4N3O2/c1-3-35-16-25-14-32(24(34)18-5-4-17(2)23(27)10-18)9-8-20(25)13-33(15-25)21-7-6-19(12-31)22(11-21)26(28,29)30/h4-7,10-11,20H,3,8-9,13-16H2,1-2H3/t20-,25+/m0/s1. The summed E-state index contributed by atoms with van der Waals surface area (Å²) in [6.45, 7) is 6.11. The van der Waals surface area contributed by atoms with Crippen LogP contribution in [0.1, 0.15) is 40.4 Å². The molecular weight excluding hydrogens is 462 g/mol. The van der Waals surface area contributed by atoms with Crippen molar-refractivity contribution in [1.82, 2.24) is 4.90 Å². The Kier molecular flexibility index (Phi) is 6.78. The van der Waals surface area contributed by atoms with E-state index in [-0.39, 0.29) is 17.4 Å². The van der Waals surface area contributed by atoms with Crippen LogP contribution in [-0.2, 0) is 10.9 Å². The number of anilines is 1. The van der Waals surface area contributed by atoms with Crippen LogP contribution in [0.5, 0.6) is 0 Å². The van der Waals surface area contributed by atoms with Gasteiger partial charge in [-0.1, -0.05) is 6.07 Å². The van der Waals surface area contributed by atoms with Crippen molar-refractivity contribution in [1.29, 1.82) is 5.26 Å². The smallest absolute Gasteiger partial charge is 0.381 e. The highest BCUT2D eigenvalue weighted by Gasteiger charge is 2.51. The zero-order valence-electron chi connectivity index (χ0n) is 19.7. The first-order valence-corrected chi connectivity index (χ1v) is 11.6. The average molecular weight is 490 g/mol. The van der Waals surface area contributed by atoms with Gasteiger partial charge in [0, 0.05) is 49.5 Å². The Morgan fingerprint density at radius 1 is 1.23 bits per heavy atom. The fourth-order valence-corrected chi connectivity index (χ4v) is 5.23. The molecule has 0 N–H and O–H groups in total. The summed E-state index contributed by atoms with van der Waals surface area (Å²) >= 11 is 0. The molecule has 2 aliphatic heterocycles. The fourth-order valence-electron chi connectivity index (χ4n) is 5.23. The molecule has 2 aliphatic rings. The summed E-state index contributed by atoms with van der Waals surface area (Å²) in [6.07, 6.45) is -3.98. The van der Waals surface area contributed by atoms with Gasteiger partial charge in [0.15, 0.2) is 0 Å². The van der Waals surface area contributed by atoms with Gasteiger partial charge in [-0.15, -0.1) is 0 Å². The number of piperidine rings is 1. The summed E-state index contributed by atoms with van der Waals surface area (Å²) in [5, 5.41) is 9.11. The third kappa shape index (κ3) is 4.85. The number of hydrogen-bond acceptors (Lipinski definition) is 4. The van der Waals surface area contributed by atoms with E-state index in [1.54, 1.807) is 30.0 Å². The van der Waals surface area contributed by atoms with Crippen LogP contribution in [0.15, 0.2) is 36.4 Å². The van der Waals surface area contributed by atoms with E-state index in [0.29, 0.717) is 57.1 Å². The predicted octanol–water partition coefficient (Wildman–Crippen LogP) is 5.03. The van der Waals surface area contributed by atoms with E-state index in [2.05, 4.69) is 0 Å². The third-order valence-corrected chi connectivity index (χ3v) is 7.16. The van der Waals surface area contributed by atoms with Gasteiger partial charge in [0.05, 0.1) is 23.8 Å². The molecule has 0 aromatic heterocycles. The predicted molar refractivity (Wildman–Crippen MR) is 122 cm³/mol. The lowest BCUT2D eigenvalue weighted by molar-refractivity contribution is -0.137. The van der Waals surface area contributed by atoms with Gasteiger partial charge >= 0.3 is 6.18 Å². The largest absolute Gasteiger partial charge is 0.417 e. The number of aryl methyl sites for hydroxylation is 1. The molecule has 186 valence electrons. The van der Waals surface area contributed by atoms with Gasteiger partial charge in [0.2, 0.25) is 0 Å². The molecule has 2 fully saturated rings. The highest BCUT2D eigenvalue weighted by molar-refractivity contribution is 5.94. The lowest BCUT2D eigenvalue weighted by Gasteiger charge is -2.44. The highest BCUT2D eigenvalue weighted by atomic mass is 19.4. The first kappa shape index (κ1) is 25.0. The van der Waals surface area contributed by atoms with Crippen LogP contribution in [0, 0.1) is 35.4 Å². The van der Waals surface area contributed by atoms with Gasteiger partial charge in [-0.05, 0) is 62.1 Å². The Bertz CT molecular complexity index is 1160. The first-order chi connectivity index (χ1) is 16.6. The summed E-state index contributed by atoms with van der Waals surface area (Å²) in [6, 6.07) is 9.82. The van der Waals surface area contributed by atoms with Crippen LogP contribution in [0.25, 0.3) is 0 Å². The molecular formula is C26H27F4N3O2. The van der Waals surface area contributed by atoms with Crippen molar-refractivity contribution in [3.05, 3.63) is 64.5 Å². The number of hydrogen-bond donors (Lipinski definition) is 0. The number of likely N-dealkylation sites (tertiary alicyclic amines) is 1. The third-order valence-electron chi connectivity index (χ3n) is 7.16. The fraction of sp³-hybridized carbons (Fsp3) is 0.462. The number of carbonyl (C=O) groups excluding carboxylic acids is 1. The van der Waals surface area contributed by atoms with E-state index in [9.17, 15) is 22.4 Å². The molecule has 35 heavy (non-hydrogen) atoms. The highest BCUT2D eigenvalue weighted by Crippen LogP contribution is 2.45. The number of nitrogens with zero attached hydrogens (tertiary/aromatic N) is 3. The molecule has 4 rings (SSSR count). The van der Waals surface area contributed by atoms with Gasteiger partial charge in [-0.3, -0.25) is 4.79 Å². The maximum absolute atomic E-state index is 14.1. The van der Waals surface area contributed by atoms with Crippen LogP contribution >= 0.6 is 0 Å². The summed E-state index contributed by atoms with van der Waals surface area (Å²) in [5.74, 6) is -0.602. The van der Waals surface area contributed by atoms with Crippen molar-refractivity contribution < 1.29 is 27.1 Å². The van der Waals surface area contributed by atoms with Crippen molar-refractivity contribution in [2.75, 3.05) is 44.3 Å². The van der Waals surface area contributed by atoms with E-state index in [4.69, 9.17) is 10.00 Å². The molecule has 2 saturated heterocycles. The number of rotatable bonds is 5. The van der Waals surface area contributed by atoms with Gasteiger partial charge in [-0.25, -0.2) is 4.39 Å². The first-order valence-electron chi connectivity index (χ1n) is 11.6. The Morgan fingerprint density at radius 3 is 2.66 bits per heavy atom. The number of fused-ring (bicyclic) bond motifs is 1. The molecule has 0 spiro atoms. The Hall–Kier alpha value is -3.12. The average Bonchev–Trinajstić information content (AvgIpc) is 3.22. The molecule has 0 bridgehead atoms. The second-order valence-corrected chi connectivity index (χ2v) is 9.40. The molecule has 0 radical (unpaired) electrons. The van der Waals surface area contributed by atoms with Crippen molar-refractivity contribution >= 4 is 11.6 Å². The normalized spacial score (nSPS) is 22.1. The Balaban J connectivity index is 1.61. The second-order valence-electron chi connectivity index (χ2n) is 9.40. The molecule has 2 atom stereocenters. The summed E-state index contributed by atoms with van der Waals surface area (Å²) in [5.41, 5.74) is -0.719. The molecule has 2 aromatic carbocycles. The molecule has 0 saturated carbocycles. The van der Waals surface area contributed by atoms with E-state index >= 15 is 0 Å². The number of alkyl halides is 3. The summed E-state index contributed by atoms with van der Waals surface area (Å²) in [7, 11) is 0. The van der Waals surface area contributed by atoms with E-state index in [1.165, 1.54) is 18.2 Å². The van der Waals surface area contributed by atoms with Gasteiger partial charge in [0.1, 0.15) is 5.82 Å². The van der Waals surface area contributed by atoms with Gasteiger partial charge < -0.3 is 14.5 Å². The number of nitriles is 1. The van der Waals surface area contributed by atoms with Gasteiger partial charge in [0.25, 0.3) is 5.91 Å². The quantitative estimate of drug-likeness (QED) is 0.553. The molecule has 5 nitrogen and oxygen atoms in total. The minimum Gasteiger partial charge on any atom is -0.381 e. The summed E-state index contributed by atoms with van der Waals surface area (Å²) < 4.78 is 60.5. The van der Waals surface area contributed by atoms with Crippen LogP contribution < -0.4 is 4.90 Å². The van der Waals surface area contributed by atoms with Gasteiger partial charge in [-0.2, -0.15) is 18.4 Å². The van der Waals surface area contributed by atoms with Crippen LogP contribution in [0.2, 0.25) is 0 Å². The molecule has 0 unspecified atom stereocenters. The maximum atomic E-state index is 14.1. The van der Waals surface area contributed by atoms with Crippen LogP contribution in [0.4, 0.5) is 23.2 Å². The van der Waals surface area contributed by atoms with Crippen molar-refractivity contribution in [3.63, 3.8) is 0 Å². The molecule has 1 amide bonds. The zero-order chi connectivity index (χ0) is 25.4. The Morgan fingerprint density at radius 2 is 2.00 bits per heavy atom. The minimum absolute atomic E-state index is 0.109. The summed E-state index contributed by atoms with van der Waals surface area (Å²) in [4.78, 5) is 16.8. The van der Waals surface area contributed by atoms with E-state index in [0.717, 1.165) is 6.07 Å². The molecule has 2 heterocycles. The lowest BCUT2D eigenvalue weighted by Crippen LogP contribution is -2.53. The van der Waals surface area contributed by atoms with Crippen LogP contribution in [0.3, 0.4) is 0 Å². The Labute approximate surface area is 201 Å². The maximum Gasteiger partial charge on any atom is 0.417 e. The monoisotopic (exact) mass is 489 g/mol. The van der Waals surface area contributed by atoms with E-state index < -0.39 is 28.5 Å². The second kappa shape index (κ2) is 9.50. The minimum atomic E-state index is -4.64. The molecule has 9 heteroatoms. The molecule has 0 aliphatic carbocycles. The number of ether oxygens (including phenoxy) is 1. The SMILES string of the molecule is CCOC[C@]12CN(C(=O)c3ccc(C)c(F)c3)CC[C@H]1CN(c1ccc(C#N)c(C(F)(F)F)c1)C2. The van der Waals surface area contributed by atoms with Crippen LogP contribution in [-0.4, -0.2) is 50.2 Å². The topological polar surface area (TPSA) is 56.6 Å². The number of benzene rings is 2. The number of carbonyl (C=O) groups is 1. The lowest BCUT2D eigenvalue weighted by atomic mass is 9.73. The van der Waals surface area contributed by atoms with E-state index in [1.807, 2.05) is 11.8 Å². The van der Waals surface area contributed by atoms with Crippen molar-refractivity contribution in [2.24, 2.45) is 11.3 Å². The number of halogens is 4. The zero-order valence-corrected chi connectivity index (χ0v) is 19.7. The van der Waals surface area contributed by atoms with Crippen molar-refractivity contribution in [3.8, 4) is 6.07 Å². The number of amides is 1. The van der Waals surface area contributed by atoms with Crippen molar-refractivity contribution in [2.45, 2.75) is 26.4 Å². The molecule has 2 aromatic rings.